The van der Waals surface area contributed by atoms with Crippen LogP contribution in [-0.2, 0) is 0 Å². The van der Waals surface area contributed by atoms with E-state index < -0.39 is 0 Å². The summed E-state index contributed by atoms with van der Waals surface area (Å²) >= 11 is 0. The molecule has 1 aromatic carbocycles. The first kappa shape index (κ1) is 14.7. The molecule has 1 atom stereocenters. The van der Waals surface area contributed by atoms with Gasteiger partial charge in [0.15, 0.2) is 0 Å². The molecule has 0 aliphatic carbocycles. The van der Waals surface area contributed by atoms with Gasteiger partial charge in [-0.1, -0.05) is 31.9 Å². The van der Waals surface area contributed by atoms with Crippen molar-refractivity contribution < 1.29 is 9.53 Å². The molecule has 1 amide bonds. The summed E-state index contributed by atoms with van der Waals surface area (Å²) in [5.41, 5.74) is 1.61. The van der Waals surface area contributed by atoms with Gasteiger partial charge in [-0.05, 0) is 30.7 Å². The number of hydrogen-bond acceptors (Lipinski definition) is 2. The highest BCUT2D eigenvalue weighted by molar-refractivity contribution is 5.98. The van der Waals surface area contributed by atoms with E-state index in [0.717, 1.165) is 35.9 Å². The molecule has 1 aliphatic rings. The number of carbonyl (C=O) groups is 1. The van der Waals surface area contributed by atoms with Crippen LogP contribution in [0.3, 0.4) is 0 Å². The molecule has 1 aliphatic heterocycles. The zero-order chi connectivity index (χ0) is 15.5. The van der Waals surface area contributed by atoms with E-state index >= 15 is 0 Å². The SMILES string of the molecule is CCCCC1C=CCN1C(=O)c1cc2cc(OC)ccc2[nH]1. The number of aromatic nitrogens is 1. The first-order chi connectivity index (χ1) is 10.7. The highest BCUT2D eigenvalue weighted by Crippen LogP contribution is 2.24. The molecule has 22 heavy (non-hydrogen) atoms. The van der Waals surface area contributed by atoms with Gasteiger partial charge in [-0.3, -0.25) is 4.79 Å². The number of nitrogens with one attached hydrogen (secondary N) is 1. The number of nitrogens with zero attached hydrogens (tertiary/aromatic N) is 1. The van der Waals surface area contributed by atoms with Crippen molar-refractivity contribution in [1.29, 1.82) is 0 Å². The van der Waals surface area contributed by atoms with Crippen LogP contribution in [0.15, 0.2) is 36.4 Å². The van der Waals surface area contributed by atoms with Crippen molar-refractivity contribution in [3.8, 4) is 5.75 Å². The second-order valence-corrected chi connectivity index (χ2v) is 5.73. The van der Waals surface area contributed by atoms with Crippen molar-refractivity contribution in [2.75, 3.05) is 13.7 Å². The Kier molecular flexibility index (Phi) is 4.18. The van der Waals surface area contributed by atoms with Gasteiger partial charge >= 0.3 is 0 Å². The Hall–Kier alpha value is -2.23. The van der Waals surface area contributed by atoms with Gasteiger partial charge in [0.1, 0.15) is 11.4 Å². The molecule has 2 aromatic rings. The van der Waals surface area contributed by atoms with E-state index in [1.54, 1.807) is 7.11 Å². The Morgan fingerprint density at radius 1 is 1.41 bits per heavy atom. The summed E-state index contributed by atoms with van der Waals surface area (Å²) in [6.07, 6.45) is 7.57. The fraction of sp³-hybridized carbons (Fsp3) is 0.389. The van der Waals surface area contributed by atoms with Crippen molar-refractivity contribution in [2.24, 2.45) is 0 Å². The van der Waals surface area contributed by atoms with E-state index in [-0.39, 0.29) is 11.9 Å². The minimum atomic E-state index is 0.0706. The van der Waals surface area contributed by atoms with Crippen LogP contribution in [0.4, 0.5) is 0 Å². The third kappa shape index (κ3) is 2.73. The molecular formula is C18H22N2O2. The molecule has 4 heteroatoms. The number of aromatic amines is 1. The van der Waals surface area contributed by atoms with Gasteiger partial charge in [-0.2, -0.15) is 0 Å². The van der Waals surface area contributed by atoms with E-state index in [4.69, 9.17) is 4.74 Å². The van der Waals surface area contributed by atoms with E-state index in [1.165, 1.54) is 0 Å². The Labute approximate surface area is 130 Å². The van der Waals surface area contributed by atoms with Gasteiger partial charge in [0.2, 0.25) is 0 Å². The lowest BCUT2D eigenvalue weighted by Crippen LogP contribution is -2.36. The van der Waals surface area contributed by atoms with Crippen LogP contribution in [0, 0.1) is 0 Å². The fourth-order valence-corrected chi connectivity index (χ4v) is 2.98. The van der Waals surface area contributed by atoms with Crippen LogP contribution in [0.5, 0.6) is 5.75 Å². The summed E-state index contributed by atoms with van der Waals surface area (Å²) in [5.74, 6) is 0.871. The minimum absolute atomic E-state index is 0.0706. The minimum Gasteiger partial charge on any atom is -0.497 e. The topological polar surface area (TPSA) is 45.3 Å². The number of carbonyl (C=O) groups excluding carboxylic acids is 1. The van der Waals surface area contributed by atoms with E-state index in [2.05, 4.69) is 24.1 Å². The van der Waals surface area contributed by atoms with Crippen LogP contribution < -0.4 is 4.74 Å². The number of rotatable bonds is 5. The summed E-state index contributed by atoms with van der Waals surface area (Å²) in [6, 6.07) is 7.93. The predicted molar refractivity (Wildman–Crippen MR) is 88.3 cm³/mol. The van der Waals surface area contributed by atoms with Crippen molar-refractivity contribution in [1.82, 2.24) is 9.88 Å². The normalized spacial score (nSPS) is 17.4. The zero-order valence-corrected chi connectivity index (χ0v) is 13.1. The summed E-state index contributed by atoms with van der Waals surface area (Å²) in [4.78, 5) is 17.9. The maximum absolute atomic E-state index is 12.8. The smallest absolute Gasteiger partial charge is 0.271 e. The number of unbranched alkanes of at least 4 members (excludes halogenated alkanes) is 1. The Bertz CT molecular complexity index is 702. The highest BCUT2D eigenvalue weighted by atomic mass is 16.5. The number of ether oxygens (including phenoxy) is 1. The average Bonchev–Trinajstić information content (AvgIpc) is 3.17. The molecule has 1 N–H and O–H groups in total. The first-order valence-electron chi connectivity index (χ1n) is 7.87. The van der Waals surface area contributed by atoms with E-state index in [9.17, 15) is 4.79 Å². The lowest BCUT2D eigenvalue weighted by atomic mass is 10.1. The molecule has 1 aromatic heterocycles. The van der Waals surface area contributed by atoms with Crippen LogP contribution in [-0.4, -0.2) is 35.5 Å². The monoisotopic (exact) mass is 298 g/mol. The molecule has 3 rings (SSSR count). The van der Waals surface area contributed by atoms with Gasteiger partial charge in [0.05, 0.1) is 13.2 Å². The zero-order valence-electron chi connectivity index (χ0n) is 13.1. The maximum atomic E-state index is 12.8. The van der Waals surface area contributed by atoms with Crippen molar-refractivity contribution in [3.05, 3.63) is 42.1 Å². The lowest BCUT2D eigenvalue weighted by Gasteiger charge is -2.24. The number of amides is 1. The summed E-state index contributed by atoms with van der Waals surface area (Å²) in [5, 5.41) is 1.000. The maximum Gasteiger partial charge on any atom is 0.271 e. The summed E-state index contributed by atoms with van der Waals surface area (Å²) in [7, 11) is 1.65. The number of H-pyrrole nitrogens is 1. The third-order valence-corrected chi connectivity index (χ3v) is 4.23. The number of methoxy groups -OCH3 is 1. The van der Waals surface area contributed by atoms with Crippen molar-refractivity contribution in [2.45, 2.75) is 32.2 Å². The average molecular weight is 298 g/mol. The van der Waals surface area contributed by atoms with Crippen LogP contribution in [0.2, 0.25) is 0 Å². The van der Waals surface area contributed by atoms with Gasteiger partial charge in [0.25, 0.3) is 5.91 Å². The molecular weight excluding hydrogens is 276 g/mol. The molecule has 0 fully saturated rings. The Balaban J connectivity index is 1.82. The molecule has 0 saturated carbocycles. The van der Waals surface area contributed by atoms with Crippen LogP contribution in [0.25, 0.3) is 10.9 Å². The van der Waals surface area contributed by atoms with Gasteiger partial charge in [0, 0.05) is 17.4 Å². The van der Waals surface area contributed by atoms with Gasteiger partial charge < -0.3 is 14.6 Å². The lowest BCUT2D eigenvalue weighted by molar-refractivity contribution is 0.0738. The van der Waals surface area contributed by atoms with Gasteiger partial charge in [-0.25, -0.2) is 0 Å². The molecule has 0 radical (unpaired) electrons. The molecule has 4 nitrogen and oxygen atoms in total. The largest absolute Gasteiger partial charge is 0.497 e. The molecule has 2 heterocycles. The number of fused-ring (bicyclic) bond motifs is 1. The molecule has 0 saturated heterocycles. The highest BCUT2D eigenvalue weighted by Gasteiger charge is 2.26. The molecule has 116 valence electrons. The third-order valence-electron chi connectivity index (χ3n) is 4.23. The Morgan fingerprint density at radius 2 is 2.27 bits per heavy atom. The summed E-state index contributed by atoms with van der Waals surface area (Å²) < 4.78 is 5.23. The van der Waals surface area contributed by atoms with Crippen LogP contribution in [0.1, 0.15) is 36.7 Å². The van der Waals surface area contributed by atoms with E-state index in [1.807, 2.05) is 29.2 Å². The fourth-order valence-electron chi connectivity index (χ4n) is 2.98. The van der Waals surface area contributed by atoms with Crippen molar-refractivity contribution >= 4 is 16.8 Å². The van der Waals surface area contributed by atoms with Crippen molar-refractivity contribution in [3.63, 3.8) is 0 Å². The Morgan fingerprint density at radius 3 is 3.05 bits per heavy atom. The first-order valence-corrected chi connectivity index (χ1v) is 7.87. The summed E-state index contributed by atoms with van der Waals surface area (Å²) in [6.45, 7) is 2.88. The second-order valence-electron chi connectivity index (χ2n) is 5.73. The van der Waals surface area contributed by atoms with Gasteiger partial charge in [-0.15, -0.1) is 0 Å². The number of benzene rings is 1. The second kappa shape index (κ2) is 6.26. The number of hydrogen-bond donors (Lipinski definition) is 1. The quantitative estimate of drug-likeness (QED) is 0.855. The van der Waals surface area contributed by atoms with Crippen LogP contribution >= 0.6 is 0 Å². The molecule has 1 unspecified atom stereocenters. The molecule has 0 bridgehead atoms. The predicted octanol–water partition coefficient (Wildman–Crippen LogP) is 3.75. The standard InChI is InChI=1S/C18H22N2O2/c1-3-4-6-14-7-5-10-20(14)18(21)17-12-13-11-15(22-2)8-9-16(13)19-17/h5,7-9,11-12,14,19H,3-4,6,10H2,1-2H3. The van der Waals surface area contributed by atoms with E-state index in [0.29, 0.717) is 12.2 Å². The molecule has 0 spiro atoms.